The third-order valence-electron chi connectivity index (χ3n) is 8.11. The number of benzene rings is 1. The maximum absolute atomic E-state index is 12.0. The van der Waals surface area contributed by atoms with Gasteiger partial charge in [-0.15, -0.1) is 0 Å². The van der Waals surface area contributed by atoms with Crippen LogP contribution in [-0.4, -0.2) is 124 Å². The predicted octanol–water partition coefficient (Wildman–Crippen LogP) is -5.51. The summed E-state index contributed by atoms with van der Waals surface area (Å²) in [5.41, 5.74) is 0.636. The van der Waals surface area contributed by atoms with Gasteiger partial charge in [0.25, 0.3) is 0 Å². The SMILES string of the molecule is CC(=O)NCC1OC(OC2CCCCC2OC2OC(C)C(O)C(O)C2O)C(O)C(OC(Cc2ccccc2)C(=O)[O-])C1O.[Na+]. The second-order valence-corrected chi connectivity index (χ2v) is 11.4. The molecule has 1 aliphatic carbocycles. The van der Waals surface area contributed by atoms with Crippen molar-refractivity contribution in [2.75, 3.05) is 6.54 Å². The fourth-order valence-corrected chi connectivity index (χ4v) is 5.64. The first kappa shape index (κ1) is 37.2. The van der Waals surface area contributed by atoms with Gasteiger partial charge in [-0.2, -0.15) is 0 Å². The Morgan fingerprint density at radius 3 is 2.07 bits per heavy atom. The van der Waals surface area contributed by atoms with E-state index in [0.29, 0.717) is 18.4 Å². The van der Waals surface area contributed by atoms with E-state index in [1.54, 1.807) is 30.3 Å². The summed E-state index contributed by atoms with van der Waals surface area (Å²) in [6.07, 6.45) is -14.2. The van der Waals surface area contributed by atoms with E-state index < -0.39 is 91.6 Å². The Kier molecular flexibility index (Phi) is 14.4. The van der Waals surface area contributed by atoms with Crippen LogP contribution in [0.3, 0.4) is 0 Å². The van der Waals surface area contributed by atoms with Crippen molar-refractivity contribution in [1.29, 1.82) is 0 Å². The zero-order valence-corrected chi connectivity index (χ0v) is 27.1. The molecule has 3 fully saturated rings. The number of carboxylic acid groups (broad SMARTS) is 1. The third-order valence-corrected chi connectivity index (χ3v) is 8.11. The topological polar surface area (TPSA) is 217 Å². The van der Waals surface area contributed by atoms with Gasteiger partial charge in [0.15, 0.2) is 12.6 Å². The summed E-state index contributed by atoms with van der Waals surface area (Å²) in [5, 5.41) is 67.5. The van der Waals surface area contributed by atoms with Crippen molar-refractivity contribution in [3.8, 4) is 0 Å². The maximum atomic E-state index is 12.0. The number of amides is 1. The molecule has 0 aromatic heterocycles. The number of nitrogens with one attached hydrogen (secondary N) is 1. The second-order valence-electron chi connectivity index (χ2n) is 11.4. The van der Waals surface area contributed by atoms with Crippen LogP contribution in [0, 0.1) is 0 Å². The maximum Gasteiger partial charge on any atom is 1.00 e. The number of rotatable bonds is 11. The number of ether oxygens (including phenoxy) is 5. The van der Waals surface area contributed by atoms with Gasteiger partial charge in [-0.05, 0) is 25.3 Å². The van der Waals surface area contributed by atoms with Crippen LogP contribution in [0.25, 0.3) is 0 Å². The molecule has 44 heavy (non-hydrogen) atoms. The number of hydrogen-bond donors (Lipinski definition) is 6. The first-order valence-corrected chi connectivity index (χ1v) is 14.6. The molecular formula is C29H42NNaO13. The van der Waals surface area contributed by atoms with Gasteiger partial charge in [0.2, 0.25) is 5.91 Å². The van der Waals surface area contributed by atoms with Crippen molar-refractivity contribution in [1.82, 2.24) is 5.32 Å². The number of carbonyl (C=O) groups is 2. The van der Waals surface area contributed by atoms with Gasteiger partial charge in [0.1, 0.15) is 48.8 Å². The molecule has 13 atom stereocenters. The van der Waals surface area contributed by atoms with Gasteiger partial charge in [-0.1, -0.05) is 43.2 Å². The molecule has 1 saturated carbocycles. The van der Waals surface area contributed by atoms with Crippen LogP contribution in [0.2, 0.25) is 0 Å². The molecule has 0 radical (unpaired) electrons. The third kappa shape index (κ3) is 9.41. The van der Waals surface area contributed by atoms with Crippen LogP contribution in [0.4, 0.5) is 0 Å². The van der Waals surface area contributed by atoms with E-state index in [4.69, 9.17) is 23.7 Å². The summed E-state index contributed by atoms with van der Waals surface area (Å²) in [6, 6.07) is 8.65. The Morgan fingerprint density at radius 2 is 1.50 bits per heavy atom. The first-order valence-electron chi connectivity index (χ1n) is 14.6. The van der Waals surface area contributed by atoms with Crippen LogP contribution in [0.15, 0.2) is 30.3 Å². The van der Waals surface area contributed by atoms with Crippen molar-refractivity contribution in [3.05, 3.63) is 35.9 Å². The molecule has 0 bridgehead atoms. The van der Waals surface area contributed by atoms with Gasteiger partial charge in [-0.3, -0.25) is 4.79 Å². The summed E-state index contributed by atoms with van der Waals surface area (Å²) in [4.78, 5) is 23.6. The normalized spacial score (nSPS) is 38.2. The molecule has 15 heteroatoms. The second kappa shape index (κ2) is 17.1. The van der Waals surface area contributed by atoms with Crippen molar-refractivity contribution >= 4 is 11.9 Å². The van der Waals surface area contributed by atoms with Gasteiger partial charge in [0, 0.05) is 19.9 Å². The average Bonchev–Trinajstić information content (AvgIpc) is 2.98. The zero-order chi connectivity index (χ0) is 31.3. The largest absolute Gasteiger partial charge is 1.00 e. The first-order chi connectivity index (χ1) is 20.5. The summed E-state index contributed by atoms with van der Waals surface area (Å²) >= 11 is 0. The molecule has 14 nitrogen and oxygen atoms in total. The molecular weight excluding hydrogens is 593 g/mol. The van der Waals surface area contributed by atoms with E-state index >= 15 is 0 Å². The van der Waals surface area contributed by atoms with Gasteiger partial charge in [0.05, 0.1) is 24.3 Å². The Labute approximate surface area is 277 Å². The molecule has 6 N–H and O–H groups in total. The molecule has 1 amide bonds. The van der Waals surface area contributed by atoms with E-state index in [9.17, 15) is 40.2 Å². The van der Waals surface area contributed by atoms with E-state index in [2.05, 4.69) is 5.32 Å². The molecule has 1 aromatic rings. The molecule has 0 spiro atoms. The quantitative estimate of drug-likeness (QED) is 0.125. The Morgan fingerprint density at radius 1 is 0.909 bits per heavy atom. The molecule has 2 saturated heterocycles. The minimum Gasteiger partial charge on any atom is -0.547 e. The minimum absolute atomic E-state index is 0. The zero-order valence-electron chi connectivity index (χ0n) is 25.1. The summed E-state index contributed by atoms with van der Waals surface area (Å²) in [6.45, 7) is 2.64. The van der Waals surface area contributed by atoms with Crippen LogP contribution in [0.5, 0.6) is 0 Å². The Balaban J connectivity index is 0.00000529. The number of hydrogen-bond acceptors (Lipinski definition) is 13. The number of aliphatic carboxylic acids is 1. The average molecular weight is 636 g/mol. The Hall–Kier alpha value is -1.24. The minimum atomic E-state index is -1.66. The molecule has 3 aliphatic rings. The molecule has 2 heterocycles. The van der Waals surface area contributed by atoms with Crippen LogP contribution < -0.4 is 40.0 Å². The van der Waals surface area contributed by atoms with Crippen molar-refractivity contribution in [3.63, 3.8) is 0 Å². The molecule has 1 aromatic carbocycles. The van der Waals surface area contributed by atoms with Gasteiger partial charge >= 0.3 is 29.6 Å². The van der Waals surface area contributed by atoms with Crippen molar-refractivity contribution in [2.24, 2.45) is 0 Å². The van der Waals surface area contributed by atoms with E-state index in [0.717, 1.165) is 12.8 Å². The standard InChI is InChI=1S/C29H43NO13.Na/c1-14-21(32)23(34)24(35)28(39-14)41-17-10-6-7-11-18(17)42-29-25(36)26(22(33)20(43-29)13-30-15(2)31)40-19(27(37)38)12-16-8-4-3-5-9-16;/h3-5,8-9,14,17-26,28-29,32-36H,6-7,10-13H2,1-2H3,(H,30,31)(H,37,38);/q;+1/p-1. The number of carboxylic acids is 1. The molecule has 4 rings (SSSR count). The summed E-state index contributed by atoms with van der Waals surface area (Å²) in [5.74, 6) is -1.94. The van der Waals surface area contributed by atoms with Crippen LogP contribution in [0.1, 0.15) is 45.1 Å². The molecule has 13 unspecified atom stereocenters. The summed E-state index contributed by atoms with van der Waals surface area (Å²) in [7, 11) is 0. The number of aliphatic hydroxyl groups is 5. The Bertz CT molecular complexity index is 1050. The smallest absolute Gasteiger partial charge is 0.547 e. The van der Waals surface area contributed by atoms with Gasteiger partial charge < -0.3 is 64.4 Å². The number of carbonyl (C=O) groups excluding carboxylic acids is 2. The van der Waals surface area contributed by atoms with Crippen molar-refractivity contribution < 1.29 is 93.5 Å². The molecule has 2 aliphatic heterocycles. The van der Waals surface area contributed by atoms with Gasteiger partial charge in [-0.25, -0.2) is 0 Å². The predicted molar refractivity (Wildman–Crippen MR) is 144 cm³/mol. The molecule has 242 valence electrons. The van der Waals surface area contributed by atoms with Crippen LogP contribution in [-0.2, 0) is 39.7 Å². The van der Waals surface area contributed by atoms with E-state index in [-0.39, 0.29) is 42.5 Å². The van der Waals surface area contributed by atoms with Crippen LogP contribution >= 0.6 is 0 Å². The fraction of sp³-hybridized carbons (Fsp3) is 0.724. The van der Waals surface area contributed by atoms with E-state index in [1.165, 1.54) is 13.8 Å². The van der Waals surface area contributed by atoms with Crippen molar-refractivity contribution in [2.45, 2.75) is 126 Å². The summed E-state index contributed by atoms with van der Waals surface area (Å²) < 4.78 is 29.4. The number of aliphatic hydroxyl groups excluding tert-OH is 5. The fourth-order valence-electron chi connectivity index (χ4n) is 5.64. The van der Waals surface area contributed by atoms with E-state index in [1.807, 2.05) is 0 Å². The monoisotopic (exact) mass is 635 g/mol.